The fourth-order valence-corrected chi connectivity index (χ4v) is 3.42. The predicted molar refractivity (Wildman–Crippen MR) is 86.6 cm³/mol. The normalized spacial score (nSPS) is 30.3. The molecule has 116 valence electrons. The lowest BCUT2D eigenvalue weighted by atomic mass is 9.91. The molecule has 0 spiro atoms. The van der Waals surface area contributed by atoms with Crippen LogP contribution in [0.5, 0.6) is 5.75 Å². The van der Waals surface area contributed by atoms with E-state index in [0.717, 1.165) is 31.3 Å². The summed E-state index contributed by atoms with van der Waals surface area (Å²) >= 11 is 0. The van der Waals surface area contributed by atoms with E-state index in [9.17, 15) is 0 Å². The highest BCUT2D eigenvalue weighted by atomic mass is 16.5. The number of hydrogen-bond donors (Lipinski definition) is 1. The number of hydrogen-bond acceptors (Lipinski definition) is 3. The van der Waals surface area contributed by atoms with Crippen LogP contribution in [-0.2, 0) is 6.54 Å². The Kier molecular flexibility index (Phi) is 4.23. The summed E-state index contributed by atoms with van der Waals surface area (Å²) in [5, 5.41) is 3.79. The van der Waals surface area contributed by atoms with E-state index < -0.39 is 0 Å². The molecule has 1 aliphatic carbocycles. The van der Waals surface area contributed by atoms with Gasteiger partial charge in [0.15, 0.2) is 0 Å². The Bertz CT molecular complexity index is 469. The van der Waals surface area contributed by atoms with Gasteiger partial charge in [-0.15, -0.1) is 0 Å². The maximum Gasteiger partial charge on any atom is 0.118 e. The molecule has 21 heavy (non-hydrogen) atoms. The van der Waals surface area contributed by atoms with Gasteiger partial charge in [0.1, 0.15) is 5.75 Å². The average molecular weight is 288 g/mol. The van der Waals surface area contributed by atoms with Crippen molar-refractivity contribution in [3.63, 3.8) is 0 Å². The van der Waals surface area contributed by atoms with Crippen LogP contribution in [-0.4, -0.2) is 36.7 Å². The van der Waals surface area contributed by atoms with Gasteiger partial charge in [0.05, 0.1) is 7.11 Å². The van der Waals surface area contributed by atoms with Crippen molar-refractivity contribution in [3.05, 3.63) is 29.8 Å². The van der Waals surface area contributed by atoms with Crippen molar-refractivity contribution in [2.24, 2.45) is 5.92 Å². The maximum atomic E-state index is 5.26. The highest BCUT2D eigenvalue weighted by molar-refractivity contribution is 5.27. The van der Waals surface area contributed by atoms with Gasteiger partial charge in [0, 0.05) is 31.2 Å². The third-order valence-corrected chi connectivity index (χ3v) is 5.25. The summed E-state index contributed by atoms with van der Waals surface area (Å²) in [6.45, 7) is 8.00. The van der Waals surface area contributed by atoms with E-state index in [1.54, 1.807) is 7.11 Å². The molecule has 1 aromatic rings. The molecular formula is C18H28N2O. The molecule has 0 amide bonds. The molecule has 0 aromatic heterocycles. The smallest absolute Gasteiger partial charge is 0.118 e. The fourth-order valence-electron chi connectivity index (χ4n) is 3.42. The average Bonchev–Trinajstić information content (AvgIpc) is 3.33. The molecule has 1 saturated carbocycles. The topological polar surface area (TPSA) is 24.5 Å². The van der Waals surface area contributed by atoms with E-state index >= 15 is 0 Å². The first kappa shape index (κ1) is 14.9. The van der Waals surface area contributed by atoms with Crippen molar-refractivity contribution < 1.29 is 4.74 Å². The zero-order chi connectivity index (χ0) is 14.9. The Balaban J connectivity index is 1.71. The molecule has 0 radical (unpaired) electrons. The lowest BCUT2D eigenvalue weighted by Crippen LogP contribution is -2.62. The predicted octanol–water partition coefficient (Wildman–Crippen LogP) is 3.05. The minimum absolute atomic E-state index is 0.262. The third kappa shape index (κ3) is 3.41. The molecule has 1 saturated heterocycles. The molecule has 1 heterocycles. The van der Waals surface area contributed by atoms with E-state index in [-0.39, 0.29) is 5.54 Å². The Hall–Kier alpha value is -1.06. The summed E-state index contributed by atoms with van der Waals surface area (Å²) in [6.07, 6.45) is 4.01. The van der Waals surface area contributed by atoms with Crippen molar-refractivity contribution in [1.82, 2.24) is 10.2 Å². The Labute approximate surface area is 128 Å². The fraction of sp³-hybridized carbons (Fsp3) is 0.667. The molecule has 2 aliphatic rings. The van der Waals surface area contributed by atoms with E-state index in [4.69, 9.17) is 4.74 Å². The van der Waals surface area contributed by atoms with Crippen LogP contribution in [0.15, 0.2) is 24.3 Å². The molecule has 3 heteroatoms. The van der Waals surface area contributed by atoms with E-state index in [1.807, 2.05) is 0 Å². The molecule has 2 unspecified atom stereocenters. The number of nitrogens with zero attached hydrogens (tertiary/aromatic N) is 1. The second kappa shape index (κ2) is 5.98. The van der Waals surface area contributed by atoms with Crippen molar-refractivity contribution in [2.45, 2.75) is 51.2 Å². The summed E-state index contributed by atoms with van der Waals surface area (Å²) in [6, 6.07) is 9.26. The van der Waals surface area contributed by atoms with Crippen LogP contribution in [0.4, 0.5) is 0 Å². The molecule has 3 rings (SSSR count). The van der Waals surface area contributed by atoms with Crippen LogP contribution >= 0.6 is 0 Å². The second-order valence-corrected chi connectivity index (χ2v) is 6.95. The zero-order valence-electron chi connectivity index (χ0n) is 13.6. The molecular weight excluding hydrogens is 260 g/mol. The van der Waals surface area contributed by atoms with Gasteiger partial charge in [0.25, 0.3) is 0 Å². The first-order chi connectivity index (χ1) is 10.1. The van der Waals surface area contributed by atoms with Crippen molar-refractivity contribution in [3.8, 4) is 5.75 Å². The summed E-state index contributed by atoms with van der Waals surface area (Å²) < 4.78 is 5.26. The summed E-state index contributed by atoms with van der Waals surface area (Å²) in [4.78, 5) is 2.71. The van der Waals surface area contributed by atoms with E-state index in [0.29, 0.717) is 6.04 Å². The van der Waals surface area contributed by atoms with Gasteiger partial charge in [0.2, 0.25) is 0 Å². The van der Waals surface area contributed by atoms with E-state index in [1.165, 1.54) is 24.8 Å². The van der Waals surface area contributed by atoms with Crippen LogP contribution in [0.2, 0.25) is 0 Å². The summed E-state index contributed by atoms with van der Waals surface area (Å²) in [5.74, 6) is 1.85. The number of piperazine rings is 1. The molecule has 0 bridgehead atoms. The van der Waals surface area contributed by atoms with Crippen LogP contribution < -0.4 is 10.1 Å². The minimum atomic E-state index is 0.262. The highest BCUT2D eigenvalue weighted by Crippen LogP contribution is 2.38. The number of methoxy groups -OCH3 is 1. The number of benzene rings is 1. The van der Waals surface area contributed by atoms with Crippen LogP contribution in [0.25, 0.3) is 0 Å². The van der Waals surface area contributed by atoms with Gasteiger partial charge in [-0.3, -0.25) is 4.90 Å². The standard InChI is InChI=1S/C18H28N2O/c1-4-18(2)13-20(17(11-19-18)15-7-8-15)12-14-5-9-16(21-3)10-6-14/h5-6,9-10,15,17,19H,4,7-8,11-13H2,1-3H3. The van der Waals surface area contributed by atoms with E-state index in [2.05, 4.69) is 48.3 Å². The monoisotopic (exact) mass is 288 g/mol. The van der Waals surface area contributed by atoms with Crippen LogP contribution in [0, 0.1) is 5.92 Å². The van der Waals surface area contributed by atoms with Gasteiger partial charge in [-0.2, -0.15) is 0 Å². The van der Waals surface area contributed by atoms with Gasteiger partial charge in [-0.05, 0) is 49.8 Å². The molecule has 1 aliphatic heterocycles. The lowest BCUT2D eigenvalue weighted by Gasteiger charge is -2.46. The second-order valence-electron chi connectivity index (χ2n) is 6.95. The minimum Gasteiger partial charge on any atom is -0.497 e. The summed E-state index contributed by atoms with van der Waals surface area (Å²) in [7, 11) is 1.72. The Morgan fingerprint density at radius 3 is 2.57 bits per heavy atom. The quantitative estimate of drug-likeness (QED) is 0.901. The summed E-state index contributed by atoms with van der Waals surface area (Å²) in [5.41, 5.74) is 1.65. The largest absolute Gasteiger partial charge is 0.497 e. The van der Waals surface area contributed by atoms with Crippen molar-refractivity contribution >= 4 is 0 Å². The van der Waals surface area contributed by atoms with Crippen molar-refractivity contribution in [1.29, 1.82) is 0 Å². The molecule has 2 fully saturated rings. The molecule has 1 N–H and O–H groups in total. The number of rotatable bonds is 5. The number of ether oxygens (including phenoxy) is 1. The first-order valence-electron chi connectivity index (χ1n) is 8.25. The lowest BCUT2D eigenvalue weighted by molar-refractivity contribution is 0.0662. The Morgan fingerprint density at radius 2 is 2.00 bits per heavy atom. The van der Waals surface area contributed by atoms with Gasteiger partial charge < -0.3 is 10.1 Å². The molecule has 1 aromatic carbocycles. The van der Waals surface area contributed by atoms with Gasteiger partial charge >= 0.3 is 0 Å². The first-order valence-corrected chi connectivity index (χ1v) is 8.25. The zero-order valence-corrected chi connectivity index (χ0v) is 13.6. The van der Waals surface area contributed by atoms with Crippen LogP contribution in [0.1, 0.15) is 38.7 Å². The SMILES string of the molecule is CCC1(C)CN(Cc2ccc(OC)cc2)C(C2CC2)CN1. The van der Waals surface area contributed by atoms with Crippen molar-refractivity contribution in [2.75, 3.05) is 20.2 Å². The van der Waals surface area contributed by atoms with Crippen LogP contribution in [0.3, 0.4) is 0 Å². The maximum absolute atomic E-state index is 5.26. The van der Waals surface area contributed by atoms with Gasteiger partial charge in [-0.25, -0.2) is 0 Å². The van der Waals surface area contributed by atoms with Gasteiger partial charge in [-0.1, -0.05) is 19.1 Å². The number of nitrogens with one attached hydrogen (secondary N) is 1. The Morgan fingerprint density at radius 1 is 1.29 bits per heavy atom. The third-order valence-electron chi connectivity index (χ3n) is 5.25. The highest BCUT2D eigenvalue weighted by Gasteiger charge is 2.41. The molecule has 3 nitrogen and oxygen atoms in total. The molecule has 2 atom stereocenters.